The van der Waals surface area contributed by atoms with Gasteiger partial charge in [0.05, 0.1) is 18.5 Å². The molecule has 1 aromatic heterocycles. The SMILES string of the molecule is CCn1nc(C)c(N)c1C(=O)NCC(=O)OC. The lowest BCUT2D eigenvalue weighted by atomic mass is 10.3. The van der Waals surface area contributed by atoms with Crippen LogP contribution >= 0.6 is 0 Å². The molecule has 0 aliphatic carbocycles. The normalized spacial score (nSPS) is 10.1. The van der Waals surface area contributed by atoms with Crippen molar-refractivity contribution in [3.8, 4) is 0 Å². The molecule has 1 amide bonds. The zero-order chi connectivity index (χ0) is 13.0. The molecule has 3 N–H and O–H groups in total. The molecule has 7 heteroatoms. The van der Waals surface area contributed by atoms with E-state index in [1.165, 1.54) is 11.8 Å². The Kier molecular flexibility index (Phi) is 4.08. The lowest BCUT2D eigenvalue weighted by Gasteiger charge is -2.06. The maximum Gasteiger partial charge on any atom is 0.325 e. The number of hydrogen-bond acceptors (Lipinski definition) is 5. The number of nitrogens with one attached hydrogen (secondary N) is 1. The number of aryl methyl sites for hydroxylation is 2. The lowest BCUT2D eigenvalue weighted by Crippen LogP contribution is -2.32. The molecule has 0 aliphatic heterocycles. The maximum atomic E-state index is 11.8. The molecule has 1 rings (SSSR count). The number of carbonyl (C=O) groups is 2. The number of rotatable bonds is 4. The average molecular weight is 240 g/mol. The number of ether oxygens (including phenoxy) is 1. The van der Waals surface area contributed by atoms with E-state index in [-0.39, 0.29) is 12.2 Å². The number of hydrogen-bond donors (Lipinski definition) is 2. The van der Waals surface area contributed by atoms with Crippen LogP contribution in [0, 0.1) is 6.92 Å². The third-order valence-corrected chi connectivity index (χ3v) is 2.31. The molecule has 1 aromatic rings. The minimum atomic E-state index is -0.517. The lowest BCUT2D eigenvalue weighted by molar-refractivity contribution is -0.139. The zero-order valence-electron chi connectivity index (χ0n) is 10.1. The highest BCUT2D eigenvalue weighted by atomic mass is 16.5. The number of aromatic nitrogens is 2. The second-order valence-corrected chi connectivity index (χ2v) is 3.42. The second-order valence-electron chi connectivity index (χ2n) is 3.42. The van der Waals surface area contributed by atoms with Gasteiger partial charge in [-0.2, -0.15) is 5.10 Å². The highest BCUT2D eigenvalue weighted by Gasteiger charge is 2.19. The van der Waals surface area contributed by atoms with E-state index in [1.54, 1.807) is 6.92 Å². The summed E-state index contributed by atoms with van der Waals surface area (Å²) in [5.41, 5.74) is 6.95. The Hall–Kier alpha value is -2.05. The van der Waals surface area contributed by atoms with Crippen molar-refractivity contribution in [1.82, 2.24) is 15.1 Å². The van der Waals surface area contributed by atoms with E-state index < -0.39 is 11.9 Å². The number of nitrogens with zero attached hydrogens (tertiary/aromatic N) is 2. The molecule has 0 bridgehead atoms. The predicted octanol–water partition coefficient (Wildman–Crippen LogP) is -0.304. The third-order valence-electron chi connectivity index (χ3n) is 2.31. The van der Waals surface area contributed by atoms with Crippen molar-refractivity contribution in [2.75, 3.05) is 19.4 Å². The first-order valence-electron chi connectivity index (χ1n) is 5.19. The predicted molar refractivity (Wildman–Crippen MR) is 61.4 cm³/mol. The topological polar surface area (TPSA) is 99.2 Å². The van der Waals surface area contributed by atoms with Crippen LogP contribution in [-0.2, 0) is 16.1 Å². The van der Waals surface area contributed by atoms with Gasteiger partial charge < -0.3 is 15.8 Å². The van der Waals surface area contributed by atoms with E-state index in [4.69, 9.17) is 5.73 Å². The molecular formula is C10H16N4O3. The van der Waals surface area contributed by atoms with Crippen LogP contribution in [-0.4, -0.2) is 35.3 Å². The van der Waals surface area contributed by atoms with Crippen LogP contribution in [0.5, 0.6) is 0 Å². The fourth-order valence-electron chi connectivity index (χ4n) is 1.37. The van der Waals surface area contributed by atoms with Gasteiger partial charge in [-0.3, -0.25) is 14.3 Å². The molecule has 1 heterocycles. The molecule has 0 spiro atoms. The Bertz CT molecular complexity index is 439. The van der Waals surface area contributed by atoms with Crippen LogP contribution < -0.4 is 11.1 Å². The Morgan fingerprint density at radius 1 is 1.53 bits per heavy atom. The first kappa shape index (κ1) is 13.0. The smallest absolute Gasteiger partial charge is 0.325 e. The first-order chi connectivity index (χ1) is 8.01. The van der Waals surface area contributed by atoms with E-state index >= 15 is 0 Å². The van der Waals surface area contributed by atoms with Gasteiger partial charge in [0.2, 0.25) is 0 Å². The molecular weight excluding hydrogens is 224 g/mol. The minimum absolute atomic E-state index is 0.192. The molecule has 0 radical (unpaired) electrons. The van der Waals surface area contributed by atoms with Crippen molar-refractivity contribution in [1.29, 1.82) is 0 Å². The van der Waals surface area contributed by atoms with Crippen LogP contribution in [0.15, 0.2) is 0 Å². The molecule has 0 saturated heterocycles. The Balaban J connectivity index is 2.85. The number of carbonyl (C=O) groups excluding carboxylic acids is 2. The van der Waals surface area contributed by atoms with E-state index in [0.29, 0.717) is 17.9 Å². The Morgan fingerprint density at radius 3 is 2.71 bits per heavy atom. The number of esters is 1. The minimum Gasteiger partial charge on any atom is -0.468 e. The first-order valence-corrected chi connectivity index (χ1v) is 5.19. The van der Waals surface area contributed by atoms with Gasteiger partial charge in [-0.05, 0) is 13.8 Å². The molecule has 94 valence electrons. The van der Waals surface area contributed by atoms with E-state index in [2.05, 4.69) is 15.2 Å². The molecule has 0 saturated carbocycles. The van der Waals surface area contributed by atoms with E-state index in [0.717, 1.165) is 0 Å². The number of nitrogens with two attached hydrogens (primary N) is 1. The van der Waals surface area contributed by atoms with Crippen molar-refractivity contribution in [3.63, 3.8) is 0 Å². The van der Waals surface area contributed by atoms with Crippen LogP contribution in [0.4, 0.5) is 5.69 Å². The number of methoxy groups -OCH3 is 1. The van der Waals surface area contributed by atoms with Gasteiger partial charge in [0.25, 0.3) is 5.91 Å². The van der Waals surface area contributed by atoms with Gasteiger partial charge >= 0.3 is 5.97 Å². The second kappa shape index (κ2) is 5.33. The summed E-state index contributed by atoms with van der Waals surface area (Å²) >= 11 is 0. The van der Waals surface area contributed by atoms with Crippen molar-refractivity contribution in [2.24, 2.45) is 0 Å². The standard InChI is InChI=1S/C10H16N4O3/c1-4-14-9(8(11)6(2)13-14)10(16)12-5-7(15)17-3/h4-5,11H2,1-3H3,(H,12,16). The monoisotopic (exact) mass is 240 g/mol. The summed E-state index contributed by atoms with van der Waals surface area (Å²) in [7, 11) is 1.25. The molecule has 7 nitrogen and oxygen atoms in total. The summed E-state index contributed by atoms with van der Waals surface area (Å²) in [5, 5.41) is 6.54. The van der Waals surface area contributed by atoms with Gasteiger partial charge in [0.15, 0.2) is 0 Å². The summed E-state index contributed by atoms with van der Waals surface area (Å²) in [6.07, 6.45) is 0. The summed E-state index contributed by atoms with van der Waals surface area (Å²) in [6, 6.07) is 0. The number of amides is 1. The highest BCUT2D eigenvalue weighted by molar-refractivity contribution is 5.99. The van der Waals surface area contributed by atoms with Crippen molar-refractivity contribution in [2.45, 2.75) is 20.4 Å². The summed E-state index contributed by atoms with van der Waals surface area (Å²) < 4.78 is 5.92. The maximum absolute atomic E-state index is 11.8. The van der Waals surface area contributed by atoms with Crippen LogP contribution in [0.2, 0.25) is 0 Å². The number of anilines is 1. The summed E-state index contributed by atoms with van der Waals surface area (Å²) in [4.78, 5) is 22.7. The molecule has 0 unspecified atom stereocenters. The van der Waals surface area contributed by atoms with Crippen LogP contribution in [0.1, 0.15) is 23.1 Å². The zero-order valence-corrected chi connectivity index (χ0v) is 10.1. The molecule has 0 aliphatic rings. The van der Waals surface area contributed by atoms with Gasteiger partial charge in [0, 0.05) is 6.54 Å². The van der Waals surface area contributed by atoms with Gasteiger partial charge in [0.1, 0.15) is 12.2 Å². The quantitative estimate of drug-likeness (QED) is 0.704. The van der Waals surface area contributed by atoms with E-state index in [9.17, 15) is 9.59 Å². The van der Waals surface area contributed by atoms with Crippen LogP contribution in [0.25, 0.3) is 0 Å². The van der Waals surface area contributed by atoms with Gasteiger partial charge in [-0.15, -0.1) is 0 Å². The van der Waals surface area contributed by atoms with Gasteiger partial charge in [-0.25, -0.2) is 0 Å². The van der Waals surface area contributed by atoms with Crippen molar-refractivity contribution < 1.29 is 14.3 Å². The molecule has 0 atom stereocenters. The number of nitrogen functional groups attached to an aromatic ring is 1. The average Bonchev–Trinajstić information content (AvgIpc) is 2.61. The molecule has 0 aromatic carbocycles. The third kappa shape index (κ3) is 2.74. The highest BCUT2D eigenvalue weighted by Crippen LogP contribution is 2.15. The Labute approximate surface area is 98.9 Å². The fraction of sp³-hybridized carbons (Fsp3) is 0.500. The molecule has 0 fully saturated rings. The summed E-state index contributed by atoms with van der Waals surface area (Å²) in [6.45, 7) is 3.91. The summed E-state index contributed by atoms with van der Waals surface area (Å²) in [5.74, 6) is -0.952. The van der Waals surface area contributed by atoms with E-state index in [1.807, 2.05) is 6.92 Å². The molecule has 17 heavy (non-hydrogen) atoms. The van der Waals surface area contributed by atoms with Crippen molar-refractivity contribution in [3.05, 3.63) is 11.4 Å². The van der Waals surface area contributed by atoms with Crippen LogP contribution in [0.3, 0.4) is 0 Å². The fourth-order valence-corrected chi connectivity index (χ4v) is 1.37. The van der Waals surface area contributed by atoms with Gasteiger partial charge in [-0.1, -0.05) is 0 Å². The van der Waals surface area contributed by atoms with Crippen molar-refractivity contribution >= 4 is 17.6 Å². The Morgan fingerprint density at radius 2 is 2.18 bits per heavy atom. The largest absolute Gasteiger partial charge is 0.468 e.